The van der Waals surface area contributed by atoms with Crippen LogP contribution in [0.2, 0.25) is 0 Å². The average molecular weight is 1650 g/mol. The zero-order valence-corrected chi connectivity index (χ0v) is 83.0. The molecule has 14 aromatic carbocycles. The van der Waals surface area contributed by atoms with E-state index in [1.807, 2.05) is 200 Å². The maximum absolute atomic E-state index is 2.30. The Labute approximate surface area is 754 Å². The second-order valence-corrected chi connectivity index (χ2v) is 24.0. The number of hydrogen-bond donors (Lipinski definition) is 0. The third kappa shape index (κ3) is 38.8. The van der Waals surface area contributed by atoms with Gasteiger partial charge in [-0.2, -0.15) is 0 Å². The van der Waals surface area contributed by atoms with E-state index in [0.717, 1.165) is 68.2 Å². The lowest BCUT2D eigenvalue weighted by molar-refractivity contribution is 1.25. The summed E-state index contributed by atoms with van der Waals surface area (Å²) in [7, 11) is 0. The Morgan fingerprint density at radius 3 is 0.285 bits per heavy atom. The largest absolute Gasteiger partial charge is 0.311 e. The van der Waals surface area contributed by atoms with Crippen molar-refractivity contribution < 1.29 is 0 Å². The van der Waals surface area contributed by atoms with Crippen LogP contribution >= 0.6 is 0 Å². The molecular formula is C118H163N5. The van der Waals surface area contributed by atoms with Crippen molar-refractivity contribution in [2.24, 2.45) is 0 Å². The highest BCUT2D eigenvalue weighted by atomic mass is 15.2. The molecule has 0 saturated carbocycles. The first-order valence-corrected chi connectivity index (χ1v) is 46.5. The molecule has 0 spiro atoms. The summed E-state index contributed by atoms with van der Waals surface area (Å²) in [4.78, 5) is 11.5. The number of hydrogen-bond acceptors (Lipinski definition) is 5. The summed E-state index contributed by atoms with van der Waals surface area (Å²) in [6, 6.07) is 131. The molecule has 123 heavy (non-hydrogen) atoms. The van der Waals surface area contributed by atoms with Gasteiger partial charge in [0.15, 0.2) is 0 Å². The molecule has 0 aliphatic carbocycles. The molecule has 0 amide bonds. The van der Waals surface area contributed by atoms with E-state index in [4.69, 9.17) is 0 Å². The van der Waals surface area contributed by atoms with Crippen molar-refractivity contribution in [2.45, 2.75) is 235 Å². The Morgan fingerprint density at radius 1 is 0.0976 bits per heavy atom. The fraction of sp³-hybridized carbons (Fsp3) is 0.288. The van der Waals surface area contributed by atoms with Crippen molar-refractivity contribution >= 4 is 85.3 Å². The summed E-state index contributed by atoms with van der Waals surface area (Å²) in [5.74, 6) is 0. The van der Waals surface area contributed by atoms with E-state index in [1.165, 1.54) is 61.6 Å². The summed E-state index contributed by atoms with van der Waals surface area (Å²) in [5.41, 5.74) is 27.1. The lowest BCUT2D eigenvalue weighted by Gasteiger charge is -2.28. The van der Waals surface area contributed by atoms with Gasteiger partial charge >= 0.3 is 0 Å². The Hall–Kier alpha value is -11.9. The summed E-state index contributed by atoms with van der Waals surface area (Å²) in [6.07, 6.45) is 0. The molecule has 5 nitrogen and oxygen atoms in total. The molecule has 0 radical (unpaired) electrons. The zero-order chi connectivity index (χ0) is 93.3. The van der Waals surface area contributed by atoms with Crippen LogP contribution in [0.25, 0.3) is 11.1 Å². The van der Waals surface area contributed by atoms with Crippen molar-refractivity contribution in [3.63, 3.8) is 0 Å². The van der Waals surface area contributed by atoms with E-state index in [-0.39, 0.29) is 0 Å². The number of benzene rings is 14. The molecule has 0 bridgehead atoms. The van der Waals surface area contributed by atoms with Crippen LogP contribution in [0.4, 0.5) is 85.3 Å². The molecule has 0 heterocycles. The van der Waals surface area contributed by atoms with Gasteiger partial charge in [-0.25, -0.2) is 0 Å². The van der Waals surface area contributed by atoms with Gasteiger partial charge in [-0.05, 0) is 235 Å². The number of nitrogens with zero attached hydrogens (tertiary/aromatic N) is 5. The molecule has 0 atom stereocenters. The molecule has 660 valence electrons. The van der Waals surface area contributed by atoms with Crippen LogP contribution in [0.1, 0.15) is 227 Å². The Balaban J connectivity index is -0.00000157. The van der Waals surface area contributed by atoms with Gasteiger partial charge in [0.2, 0.25) is 0 Å². The quantitative estimate of drug-likeness (QED) is 0.0955. The van der Waals surface area contributed by atoms with E-state index in [1.54, 1.807) is 0 Å². The third-order valence-corrected chi connectivity index (χ3v) is 16.8. The third-order valence-electron chi connectivity index (χ3n) is 16.8. The highest BCUT2D eigenvalue weighted by Gasteiger charge is 2.19. The molecule has 5 heteroatoms. The van der Waals surface area contributed by atoms with E-state index in [2.05, 4.69) is 430 Å². The minimum atomic E-state index is 1.12. The van der Waals surface area contributed by atoms with Crippen LogP contribution in [0.15, 0.2) is 370 Å². The number of rotatable bonds is 16. The first-order valence-electron chi connectivity index (χ1n) is 46.5. The van der Waals surface area contributed by atoms with Crippen LogP contribution in [-0.2, 0) is 0 Å². The van der Waals surface area contributed by atoms with Crippen molar-refractivity contribution in [2.75, 3.05) is 24.5 Å². The van der Waals surface area contributed by atoms with Gasteiger partial charge in [0.05, 0.1) is 0 Å². The minimum Gasteiger partial charge on any atom is -0.311 e. The predicted molar refractivity (Wildman–Crippen MR) is 565 cm³/mol. The normalized spacial score (nSPS) is 8.89. The van der Waals surface area contributed by atoms with E-state index >= 15 is 0 Å². The summed E-state index contributed by atoms with van der Waals surface area (Å²) in [5, 5.41) is 0. The van der Waals surface area contributed by atoms with Crippen molar-refractivity contribution in [3.05, 3.63) is 403 Å². The highest BCUT2D eigenvalue weighted by molar-refractivity contribution is 5.84. The fourth-order valence-electron chi connectivity index (χ4n) is 11.6. The van der Waals surface area contributed by atoms with Crippen LogP contribution in [0.5, 0.6) is 0 Å². The molecule has 14 aromatic rings. The van der Waals surface area contributed by atoms with Crippen LogP contribution in [0, 0.1) is 41.5 Å². The average Bonchev–Trinajstić information content (AvgIpc) is 0.790. The van der Waals surface area contributed by atoms with Crippen molar-refractivity contribution in [1.29, 1.82) is 0 Å². The minimum absolute atomic E-state index is 1.12. The zero-order valence-electron chi connectivity index (χ0n) is 83.0. The highest BCUT2D eigenvalue weighted by Crippen LogP contribution is 2.42. The predicted octanol–water partition coefficient (Wildman–Crippen LogP) is 40.3. The molecule has 0 aliphatic heterocycles. The molecule has 0 aliphatic rings. The van der Waals surface area contributed by atoms with Crippen molar-refractivity contribution in [3.8, 4) is 11.1 Å². The SMILES string of the molecule is CC.CC.CC.CC.CC.CC.CC.CC.CC.CC.CC.CC.CC.CC.Cc1ccc(N(c2ccccc2)c2ccc(-c3ccc(N(c4ccccc4)c4ccc(C)cc4)cc3)cc2)cc1.Cc1ccc(N(c2ccccc2)c2ccc(C)cc2)cc1.Cc1ccc(N(c2ccccc2)c2ccc(N(c3ccccc3)c3ccc(C)cc3)cc2)cc1. The van der Waals surface area contributed by atoms with Crippen LogP contribution < -0.4 is 24.5 Å². The van der Waals surface area contributed by atoms with Gasteiger partial charge in [0.1, 0.15) is 0 Å². The first-order chi connectivity index (χ1) is 60.6. The van der Waals surface area contributed by atoms with Gasteiger partial charge in [-0.1, -0.05) is 415 Å². The molecular weight excluding hydrogens is 1490 g/mol. The molecule has 0 fully saturated rings. The molecule has 0 unspecified atom stereocenters. The maximum atomic E-state index is 2.30. The maximum Gasteiger partial charge on any atom is 0.0463 e. The second-order valence-electron chi connectivity index (χ2n) is 24.0. The monoisotopic (exact) mass is 1650 g/mol. The Bertz CT molecular complexity index is 4330. The van der Waals surface area contributed by atoms with Gasteiger partial charge in [-0.15, -0.1) is 0 Å². The molecule has 0 aromatic heterocycles. The van der Waals surface area contributed by atoms with Gasteiger partial charge in [0.25, 0.3) is 0 Å². The lowest BCUT2D eigenvalue weighted by atomic mass is 10.0. The number of para-hydroxylation sites is 5. The van der Waals surface area contributed by atoms with E-state index in [0.29, 0.717) is 0 Å². The smallest absolute Gasteiger partial charge is 0.0463 e. The number of anilines is 15. The number of aryl methyl sites for hydroxylation is 6. The van der Waals surface area contributed by atoms with Gasteiger partial charge < -0.3 is 24.5 Å². The molecule has 14 rings (SSSR count). The van der Waals surface area contributed by atoms with Crippen LogP contribution in [-0.4, -0.2) is 0 Å². The lowest BCUT2D eigenvalue weighted by Crippen LogP contribution is -2.12. The Kier molecular flexibility index (Phi) is 69.3. The Morgan fingerprint density at radius 2 is 0.179 bits per heavy atom. The summed E-state index contributed by atoms with van der Waals surface area (Å²) >= 11 is 0. The second kappa shape index (κ2) is 74.0. The first kappa shape index (κ1) is 115. The standard InChI is InChI=1S/C38H32N2.C32H28N2.C20H19N.14C2H6/c1-29-13-21-35(22-14-29)39(33-9-5-3-6-10-33)37-25-17-31(18-26-37)32-19-27-38(28-20-32)40(34-11-7-4-8-12-34)36-23-15-30(2)16-24-36;1-25-13-17-29(18-14-25)33(27-9-5-3-6-10-27)31-21-23-32(24-22-31)34(28-11-7-4-8-12-28)30-19-15-26(2)16-20-30;1-16-8-12-19(13-9-16)21(18-6-4-3-5-7-18)20-14-10-17(2)11-15-20;14*1-2/h3-28H,1-2H3;3-24H,1-2H3;3-15H,1-2H3;14*1-2H3. The van der Waals surface area contributed by atoms with Crippen molar-refractivity contribution in [1.82, 2.24) is 0 Å². The summed E-state index contributed by atoms with van der Waals surface area (Å²) < 4.78 is 0. The summed E-state index contributed by atoms with van der Waals surface area (Å²) in [6.45, 7) is 68.7. The molecule has 0 saturated heterocycles. The van der Waals surface area contributed by atoms with Gasteiger partial charge in [-0.3, -0.25) is 0 Å². The fourth-order valence-corrected chi connectivity index (χ4v) is 11.6. The molecule has 0 N–H and O–H groups in total. The van der Waals surface area contributed by atoms with E-state index in [9.17, 15) is 0 Å². The topological polar surface area (TPSA) is 16.2 Å². The van der Waals surface area contributed by atoms with Gasteiger partial charge in [0, 0.05) is 85.3 Å². The van der Waals surface area contributed by atoms with E-state index < -0.39 is 0 Å². The van der Waals surface area contributed by atoms with Crippen LogP contribution in [0.3, 0.4) is 0 Å².